The Balaban J connectivity index is 1.59. The van der Waals surface area contributed by atoms with Crippen molar-refractivity contribution in [1.29, 1.82) is 0 Å². The van der Waals surface area contributed by atoms with Crippen LogP contribution in [0.1, 0.15) is 30.1 Å². The van der Waals surface area contributed by atoms with E-state index in [9.17, 15) is 8.42 Å². The maximum Gasteiger partial charge on any atom is 0.244 e. The Labute approximate surface area is 185 Å². The molecule has 3 aromatic rings. The molecule has 9 heteroatoms. The number of aromatic nitrogens is 2. The molecule has 0 aliphatic rings. The second kappa shape index (κ2) is 10.0. The molecule has 0 saturated carbocycles. The fourth-order valence-corrected chi connectivity index (χ4v) is 5.94. The molecule has 0 aliphatic carbocycles. The van der Waals surface area contributed by atoms with Gasteiger partial charge < -0.3 is 0 Å². The highest BCUT2D eigenvalue weighted by Gasteiger charge is 2.21. The summed E-state index contributed by atoms with van der Waals surface area (Å²) in [6.45, 7) is 4.54. The summed E-state index contributed by atoms with van der Waals surface area (Å²) in [4.78, 5) is 9.22. The lowest BCUT2D eigenvalue weighted by Gasteiger charge is -2.18. The number of hydrogen-bond acceptors (Lipinski definition) is 6. The van der Waals surface area contributed by atoms with Gasteiger partial charge in [0.1, 0.15) is 4.90 Å². The van der Waals surface area contributed by atoms with Crippen LogP contribution in [-0.2, 0) is 22.2 Å². The van der Waals surface area contributed by atoms with Crippen LogP contribution in [0.15, 0.2) is 57.9 Å². The van der Waals surface area contributed by atoms with E-state index < -0.39 is 10.0 Å². The fourth-order valence-electron chi connectivity index (χ4n) is 2.74. The molecule has 29 heavy (non-hydrogen) atoms. The Hall–Kier alpha value is -1.45. The molecule has 5 nitrogen and oxygen atoms in total. The Bertz CT molecular complexity index is 1030. The van der Waals surface area contributed by atoms with Gasteiger partial charge in [0.2, 0.25) is 10.0 Å². The van der Waals surface area contributed by atoms with E-state index in [2.05, 4.69) is 15.3 Å². The van der Waals surface area contributed by atoms with Crippen LogP contribution in [0.3, 0.4) is 0 Å². The van der Waals surface area contributed by atoms with Crippen LogP contribution in [0.25, 0.3) is 0 Å². The summed E-state index contributed by atoms with van der Waals surface area (Å²) in [7, 11) is -3.47. The molecule has 1 aromatic carbocycles. The predicted octanol–water partition coefficient (Wildman–Crippen LogP) is 5.11. The largest absolute Gasteiger partial charge is 0.249 e. The molecular formula is C20H22ClN3O2S3. The van der Waals surface area contributed by atoms with Crippen LogP contribution >= 0.6 is 34.7 Å². The topological polar surface area (TPSA) is 63.2 Å². The van der Waals surface area contributed by atoms with Gasteiger partial charge in [0.15, 0.2) is 0 Å². The van der Waals surface area contributed by atoms with Gasteiger partial charge in [-0.1, -0.05) is 37.6 Å². The third kappa shape index (κ3) is 5.79. The number of sulfonamides is 1. The smallest absolute Gasteiger partial charge is 0.244 e. The summed E-state index contributed by atoms with van der Waals surface area (Å²) < 4.78 is 26.5. The molecular weight excluding hydrogens is 446 g/mol. The summed E-state index contributed by atoms with van der Waals surface area (Å²) >= 11 is 9.10. The first-order chi connectivity index (χ1) is 13.9. The highest BCUT2D eigenvalue weighted by atomic mass is 35.5. The maximum atomic E-state index is 12.5. The summed E-state index contributed by atoms with van der Waals surface area (Å²) in [6.07, 6.45) is 2.21. The van der Waals surface area contributed by atoms with Crippen molar-refractivity contribution in [2.45, 2.75) is 35.9 Å². The highest BCUT2D eigenvalue weighted by molar-refractivity contribution is 7.98. The van der Waals surface area contributed by atoms with Crippen LogP contribution in [0, 0.1) is 0 Å². The second-order valence-corrected chi connectivity index (χ2v) is 10.6. The molecule has 0 aliphatic heterocycles. The molecule has 0 spiro atoms. The Kier molecular flexibility index (Phi) is 7.70. The van der Waals surface area contributed by atoms with Crippen LogP contribution in [0.5, 0.6) is 0 Å². The van der Waals surface area contributed by atoms with Gasteiger partial charge in [0.25, 0.3) is 0 Å². The number of benzene rings is 1. The third-order valence-electron chi connectivity index (χ3n) is 4.29. The zero-order chi connectivity index (χ0) is 20.9. The SMILES string of the molecule is CCN(CC)S(=O)(=O)c1ccc(SCc2csc(Cc3ccc(Cl)cc3)n2)nc1. The zero-order valence-corrected chi connectivity index (χ0v) is 19.4. The lowest BCUT2D eigenvalue weighted by atomic mass is 10.2. The van der Waals surface area contributed by atoms with Crippen LogP contribution in [0.2, 0.25) is 5.02 Å². The van der Waals surface area contributed by atoms with Crippen molar-refractivity contribution in [3.05, 3.63) is 69.3 Å². The van der Waals surface area contributed by atoms with Gasteiger partial charge in [0, 0.05) is 41.9 Å². The number of nitrogens with zero attached hydrogens (tertiary/aromatic N) is 3. The monoisotopic (exact) mass is 467 g/mol. The molecule has 3 rings (SSSR count). The number of rotatable bonds is 9. The summed E-state index contributed by atoms with van der Waals surface area (Å²) in [5, 5.41) is 4.61. The summed E-state index contributed by atoms with van der Waals surface area (Å²) in [5.41, 5.74) is 2.17. The van der Waals surface area contributed by atoms with E-state index in [1.165, 1.54) is 16.1 Å². The molecule has 0 N–H and O–H groups in total. The number of pyridine rings is 1. The molecule has 0 radical (unpaired) electrons. The van der Waals surface area contributed by atoms with E-state index in [0.717, 1.165) is 27.2 Å². The molecule has 0 unspecified atom stereocenters. The standard InChI is InChI=1S/C20H22ClN3O2S3/c1-3-24(4-2)29(25,26)18-9-10-19(22-12-18)27-13-17-14-28-20(23-17)11-15-5-7-16(21)8-6-15/h5-10,12,14H,3-4,11,13H2,1-2H3. The molecule has 0 saturated heterocycles. The number of hydrogen-bond donors (Lipinski definition) is 0. The van der Waals surface area contributed by atoms with Crippen LogP contribution < -0.4 is 0 Å². The van der Waals surface area contributed by atoms with Crippen LogP contribution in [0.4, 0.5) is 0 Å². The van der Waals surface area contributed by atoms with Gasteiger partial charge >= 0.3 is 0 Å². The van der Waals surface area contributed by atoms with Crippen molar-refractivity contribution in [2.24, 2.45) is 0 Å². The van der Waals surface area contributed by atoms with Crippen molar-refractivity contribution in [1.82, 2.24) is 14.3 Å². The minimum Gasteiger partial charge on any atom is -0.249 e. The van der Waals surface area contributed by atoms with Gasteiger partial charge in [-0.3, -0.25) is 0 Å². The van der Waals surface area contributed by atoms with E-state index in [4.69, 9.17) is 11.6 Å². The molecule has 154 valence electrons. The molecule has 0 amide bonds. The van der Waals surface area contributed by atoms with Crippen molar-refractivity contribution >= 4 is 44.7 Å². The minimum atomic E-state index is -3.47. The molecule has 2 heterocycles. The van der Waals surface area contributed by atoms with E-state index in [1.807, 2.05) is 38.1 Å². The lowest BCUT2D eigenvalue weighted by Crippen LogP contribution is -2.30. The number of halogens is 1. The van der Waals surface area contributed by atoms with Crippen molar-refractivity contribution in [3.8, 4) is 0 Å². The quantitative estimate of drug-likeness (QED) is 0.409. The Morgan fingerprint density at radius 3 is 2.45 bits per heavy atom. The molecule has 2 aromatic heterocycles. The summed E-state index contributed by atoms with van der Waals surface area (Å²) in [5.74, 6) is 0.687. The Morgan fingerprint density at radius 1 is 1.10 bits per heavy atom. The average molecular weight is 468 g/mol. The van der Waals surface area contributed by atoms with E-state index >= 15 is 0 Å². The first-order valence-electron chi connectivity index (χ1n) is 9.19. The predicted molar refractivity (Wildman–Crippen MR) is 120 cm³/mol. The first-order valence-corrected chi connectivity index (χ1v) is 12.9. The molecule has 0 bridgehead atoms. The van der Waals surface area contributed by atoms with Gasteiger partial charge in [-0.05, 0) is 29.8 Å². The molecule has 0 atom stereocenters. The number of thioether (sulfide) groups is 1. The normalized spacial score (nSPS) is 11.9. The zero-order valence-electron chi connectivity index (χ0n) is 16.2. The van der Waals surface area contributed by atoms with Crippen molar-refractivity contribution in [3.63, 3.8) is 0 Å². The van der Waals surface area contributed by atoms with Crippen molar-refractivity contribution < 1.29 is 8.42 Å². The van der Waals surface area contributed by atoms with Gasteiger partial charge in [-0.2, -0.15) is 4.31 Å². The lowest BCUT2D eigenvalue weighted by molar-refractivity contribution is 0.445. The van der Waals surface area contributed by atoms with Crippen molar-refractivity contribution in [2.75, 3.05) is 13.1 Å². The van der Waals surface area contributed by atoms with E-state index in [0.29, 0.717) is 18.8 Å². The Morgan fingerprint density at radius 2 is 1.83 bits per heavy atom. The summed E-state index contributed by atoms with van der Waals surface area (Å²) in [6, 6.07) is 11.2. The highest BCUT2D eigenvalue weighted by Crippen LogP contribution is 2.25. The number of thiazole rings is 1. The van der Waals surface area contributed by atoms with Gasteiger partial charge in [-0.25, -0.2) is 18.4 Å². The van der Waals surface area contributed by atoms with Crippen LogP contribution in [-0.4, -0.2) is 35.8 Å². The average Bonchev–Trinajstić information content (AvgIpc) is 3.16. The maximum absolute atomic E-state index is 12.5. The van der Waals surface area contributed by atoms with E-state index in [-0.39, 0.29) is 4.90 Å². The van der Waals surface area contributed by atoms with Gasteiger partial charge in [0.05, 0.1) is 15.7 Å². The van der Waals surface area contributed by atoms with E-state index in [1.54, 1.807) is 35.2 Å². The second-order valence-electron chi connectivity index (χ2n) is 6.25. The third-order valence-corrected chi connectivity index (χ3v) is 8.45. The van der Waals surface area contributed by atoms with Gasteiger partial charge in [-0.15, -0.1) is 23.1 Å². The minimum absolute atomic E-state index is 0.226. The fraction of sp³-hybridized carbons (Fsp3) is 0.300. The molecule has 0 fully saturated rings. The first kappa shape index (κ1) is 22.2.